The average Bonchev–Trinajstić information content (AvgIpc) is 2.69. The van der Waals surface area contributed by atoms with Gasteiger partial charge in [-0.1, -0.05) is 0 Å². The molecule has 0 aromatic carbocycles. The first-order valence-electron chi connectivity index (χ1n) is 6.24. The molecule has 0 atom stereocenters. The number of aliphatic imine (C=N–C) groups is 1. The topological polar surface area (TPSA) is 62.7 Å². The fraction of sp³-hybridized carbons (Fsp3) is 0.667. The second kappa shape index (κ2) is 6.28. The number of rotatable bonds is 5. The number of hydrogen-bond acceptors (Lipinski definition) is 3. The summed E-state index contributed by atoms with van der Waals surface area (Å²) in [5, 5.41) is 0. The molecule has 0 radical (unpaired) electrons. The molecule has 0 fully saturated rings. The van der Waals surface area contributed by atoms with Gasteiger partial charge in [-0.15, -0.1) is 0 Å². The molecule has 0 saturated carbocycles. The lowest BCUT2D eigenvalue weighted by Gasteiger charge is -2.19. The molecule has 1 heterocycles. The van der Waals surface area contributed by atoms with Crippen molar-refractivity contribution in [2.75, 3.05) is 32.1 Å². The van der Waals surface area contributed by atoms with Crippen LogP contribution in [0.1, 0.15) is 19.5 Å². The quantitative estimate of drug-likeness (QED) is 0.617. The minimum Gasteiger partial charge on any atom is -0.370 e. The number of nitrogens with two attached hydrogens (primary N) is 1. The van der Waals surface area contributed by atoms with Gasteiger partial charge in [0.1, 0.15) is 0 Å². The largest absolute Gasteiger partial charge is 0.370 e. The van der Waals surface area contributed by atoms with E-state index in [0.717, 1.165) is 24.7 Å². The molecule has 0 saturated heterocycles. The summed E-state index contributed by atoms with van der Waals surface area (Å²) in [6, 6.07) is 0. The average molecular weight is 252 g/mol. The van der Waals surface area contributed by atoms with Crippen LogP contribution in [0.4, 0.5) is 5.95 Å². The van der Waals surface area contributed by atoms with Gasteiger partial charge in [-0.05, 0) is 13.8 Å². The van der Waals surface area contributed by atoms with E-state index >= 15 is 0 Å². The van der Waals surface area contributed by atoms with Gasteiger partial charge in [0.15, 0.2) is 5.96 Å². The highest BCUT2D eigenvalue weighted by Crippen LogP contribution is 2.11. The molecule has 1 aromatic rings. The van der Waals surface area contributed by atoms with Gasteiger partial charge in [0.05, 0.1) is 18.4 Å². The first-order valence-corrected chi connectivity index (χ1v) is 6.24. The summed E-state index contributed by atoms with van der Waals surface area (Å²) in [6.45, 7) is 6.44. The van der Waals surface area contributed by atoms with Crippen LogP contribution in [0, 0.1) is 0 Å². The predicted octanol–water partition coefficient (Wildman–Crippen LogP) is 0.643. The van der Waals surface area contributed by atoms with Crippen LogP contribution in [-0.2, 0) is 13.6 Å². The molecule has 0 amide bonds. The molecule has 0 unspecified atom stereocenters. The molecule has 1 aromatic heterocycles. The lowest BCUT2D eigenvalue weighted by molar-refractivity contribution is 0.458. The standard InChI is InChI=1S/C12H24N6/c1-6-18(7-2)11(13)14-8-10-9-15-12(16(3)4)17(10)5/h9H,6-8H2,1-5H3,(H2,13,14). The van der Waals surface area contributed by atoms with E-state index in [4.69, 9.17) is 5.73 Å². The van der Waals surface area contributed by atoms with Gasteiger partial charge in [0.2, 0.25) is 5.95 Å². The number of imidazole rings is 1. The Hall–Kier alpha value is -1.72. The third kappa shape index (κ3) is 3.15. The maximum absolute atomic E-state index is 5.94. The third-order valence-electron chi connectivity index (χ3n) is 2.95. The van der Waals surface area contributed by atoms with Crippen molar-refractivity contribution in [1.29, 1.82) is 0 Å². The molecule has 0 aliphatic heterocycles. The second-order valence-corrected chi connectivity index (χ2v) is 4.35. The maximum Gasteiger partial charge on any atom is 0.204 e. The second-order valence-electron chi connectivity index (χ2n) is 4.35. The summed E-state index contributed by atoms with van der Waals surface area (Å²) >= 11 is 0. The SMILES string of the molecule is CCN(CC)C(N)=NCc1cnc(N(C)C)n1C. The Kier molecular flexibility index (Phi) is 5.00. The Morgan fingerprint density at radius 2 is 2.00 bits per heavy atom. The van der Waals surface area contributed by atoms with Crippen LogP contribution >= 0.6 is 0 Å². The van der Waals surface area contributed by atoms with Crippen LogP contribution in [0.25, 0.3) is 0 Å². The van der Waals surface area contributed by atoms with Crippen molar-refractivity contribution in [2.45, 2.75) is 20.4 Å². The Labute approximate surface area is 109 Å². The summed E-state index contributed by atoms with van der Waals surface area (Å²) in [4.78, 5) is 12.8. The van der Waals surface area contributed by atoms with E-state index in [1.165, 1.54) is 0 Å². The molecular weight excluding hydrogens is 228 g/mol. The Bertz CT molecular complexity index is 403. The first kappa shape index (κ1) is 14.3. The summed E-state index contributed by atoms with van der Waals surface area (Å²) in [5.41, 5.74) is 6.99. The molecule has 1 rings (SSSR count). The Morgan fingerprint density at radius 3 is 2.44 bits per heavy atom. The molecule has 2 N–H and O–H groups in total. The van der Waals surface area contributed by atoms with E-state index in [9.17, 15) is 0 Å². The molecule has 0 bridgehead atoms. The fourth-order valence-corrected chi connectivity index (χ4v) is 1.81. The van der Waals surface area contributed by atoms with Crippen LogP contribution in [0.3, 0.4) is 0 Å². The highest BCUT2D eigenvalue weighted by molar-refractivity contribution is 5.77. The zero-order valence-corrected chi connectivity index (χ0v) is 12.0. The minimum atomic E-state index is 0.555. The normalized spacial score (nSPS) is 11.7. The van der Waals surface area contributed by atoms with Crippen molar-refractivity contribution in [3.8, 4) is 0 Å². The number of aromatic nitrogens is 2. The summed E-state index contributed by atoms with van der Waals surface area (Å²) in [7, 11) is 5.93. The highest BCUT2D eigenvalue weighted by Gasteiger charge is 2.08. The van der Waals surface area contributed by atoms with E-state index in [0.29, 0.717) is 12.5 Å². The monoisotopic (exact) mass is 252 g/mol. The van der Waals surface area contributed by atoms with E-state index in [-0.39, 0.29) is 0 Å². The van der Waals surface area contributed by atoms with Crippen molar-refractivity contribution >= 4 is 11.9 Å². The van der Waals surface area contributed by atoms with Gasteiger partial charge in [0.25, 0.3) is 0 Å². The van der Waals surface area contributed by atoms with Gasteiger partial charge in [-0.25, -0.2) is 9.98 Å². The minimum absolute atomic E-state index is 0.555. The highest BCUT2D eigenvalue weighted by atomic mass is 15.3. The van der Waals surface area contributed by atoms with Gasteiger partial charge in [0, 0.05) is 34.2 Å². The Morgan fingerprint density at radius 1 is 1.39 bits per heavy atom. The first-order chi connectivity index (χ1) is 8.51. The van der Waals surface area contributed by atoms with E-state index in [1.54, 1.807) is 0 Å². The lowest BCUT2D eigenvalue weighted by Crippen LogP contribution is -2.37. The van der Waals surface area contributed by atoms with Crippen LogP contribution in [0.15, 0.2) is 11.2 Å². The molecule has 6 nitrogen and oxygen atoms in total. The van der Waals surface area contributed by atoms with Gasteiger partial charge in [-0.3, -0.25) is 0 Å². The van der Waals surface area contributed by atoms with Gasteiger partial charge >= 0.3 is 0 Å². The third-order valence-corrected chi connectivity index (χ3v) is 2.95. The maximum atomic E-state index is 5.94. The van der Waals surface area contributed by atoms with Crippen molar-refractivity contribution < 1.29 is 0 Å². The molecule has 6 heteroatoms. The van der Waals surface area contributed by atoms with Crippen molar-refractivity contribution in [2.24, 2.45) is 17.8 Å². The van der Waals surface area contributed by atoms with Crippen molar-refractivity contribution in [3.05, 3.63) is 11.9 Å². The van der Waals surface area contributed by atoms with Gasteiger partial charge in [-0.2, -0.15) is 0 Å². The molecule has 102 valence electrons. The van der Waals surface area contributed by atoms with Crippen molar-refractivity contribution in [1.82, 2.24) is 14.5 Å². The van der Waals surface area contributed by atoms with Crippen LogP contribution in [0.5, 0.6) is 0 Å². The number of anilines is 1. The molecular formula is C12H24N6. The number of guanidine groups is 1. The van der Waals surface area contributed by atoms with Gasteiger partial charge < -0.3 is 20.1 Å². The number of hydrogen-bond donors (Lipinski definition) is 1. The van der Waals surface area contributed by atoms with Crippen LogP contribution in [-0.4, -0.2) is 47.6 Å². The smallest absolute Gasteiger partial charge is 0.204 e. The summed E-state index contributed by atoms with van der Waals surface area (Å²) < 4.78 is 2.03. The van der Waals surface area contributed by atoms with E-state index < -0.39 is 0 Å². The summed E-state index contributed by atoms with van der Waals surface area (Å²) in [6.07, 6.45) is 1.84. The molecule has 0 aliphatic rings. The molecule has 18 heavy (non-hydrogen) atoms. The van der Waals surface area contributed by atoms with E-state index in [1.807, 2.05) is 41.7 Å². The predicted molar refractivity (Wildman–Crippen MR) is 75.8 cm³/mol. The molecule has 0 spiro atoms. The Balaban J connectivity index is 2.77. The summed E-state index contributed by atoms with van der Waals surface area (Å²) in [5.74, 6) is 1.51. The molecule has 0 aliphatic carbocycles. The van der Waals surface area contributed by atoms with E-state index in [2.05, 4.69) is 23.8 Å². The zero-order valence-electron chi connectivity index (χ0n) is 12.0. The van der Waals surface area contributed by atoms with Crippen LogP contribution in [0.2, 0.25) is 0 Å². The van der Waals surface area contributed by atoms with Crippen molar-refractivity contribution in [3.63, 3.8) is 0 Å². The zero-order chi connectivity index (χ0) is 13.7. The fourth-order valence-electron chi connectivity index (χ4n) is 1.81. The van der Waals surface area contributed by atoms with Crippen LogP contribution < -0.4 is 10.6 Å². The lowest BCUT2D eigenvalue weighted by atomic mass is 10.4. The number of nitrogens with zero attached hydrogens (tertiary/aromatic N) is 5.